The average Bonchev–Trinajstić information content (AvgIpc) is 3.03. The molecule has 0 radical (unpaired) electrons. The van der Waals surface area contributed by atoms with Gasteiger partial charge in [0.05, 0.1) is 18.8 Å². The van der Waals surface area contributed by atoms with Gasteiger partial charge in [-0.2, -0.15) is 0 Å². The van der Waals surface area contributed by atoms with Crippen LogP contribution in [0.25, 0.3) is 10.9 Å². The Kier molecular flexibility index (Phi) is 3.35. The fraction of sp³-hybridized carbons (Fsp3) is 0.0909. The summed E-state index contributed by atoms with van der Waals surface area (Å²) in [5.74, 6) is 2.55. The summed E-state index contributed by atoms with van der Waals surface area (Å²) in [4.78, 5) is 3.38. The number of ether oxygens (including phenoxy) is 2. The topological polar surface area (TPSA) is 46.3 Å². The van der Waals surface area contributed by atoms with Crippen molar-refractivity contribution in [2.75, 3.05) is 12.4 Å². The lowest BCUT2D eigenvalue weighted by Gasteiger charge is -2.19. The van der Waals surface area contributed by atoms with E-state index in [1.165, 1.54) is 0 Å². The zero-order valence-corrected chi connectivity index (χ0v) is 14.3. The van der Waals surface area contributed by atoms with E-state index >= 15 is 0 Å². The van der Waals surface area contributed by atoms with E-state index in [2.05, 4.69) is 28.6 Å². The summed E-state index contributed by atoms with van der Waals surface area (Å²) in [6, 6.07) is 22.3. The smallest absolute Gasteiger partial charge is 0.150 e. The highest BCUT2D eigenvalue weighted by molar-refractivity contribution is 5.86. The molecule has 26 heavy (non-hydrogen) atoms. The number of hydrogen-bond acceptors (Lipinski definition) is 3. The first-order chi connectivity index (χ1) is 12.8. The zero-order chi connectivity index (χ0) is 17.5. The SMILES string of the molecule is COc1ccc2[nH]cc(C3Nc4ccccc4Oc4ccccc43)c2c1. The van der Waals surface area contributed by atoms with Gasteiger partial charge in [0.25, 0.3) is 0 Å². The Morgan fingerprint density at radius 2 is 1.69 bits per heavy atom. The molecule has 4 heteroatoms. The molecule has 1 unspecified atom stereocenters. The van der Waals surface area contributed by atoms with E-state index in [4.69, 9.17) is 9.47 Å². The van der Waals surface area contributed by atoms with Gasteiger partial charge < -0.3 is 19.8 Å². The number of hydrogen-bond donors (Lipinski definition) is 2. The van der Waals surface area contributed by atoms with Crippen LogP contribution >= 0.6 is 0 Å². The Balaban J connectivity index is 1.73. The maximum atomic E-state index is 6.19. The minimum atomic E-state index is -0.0318. The molecule has 1 atom stereocenters. The van der Waals surface area contributed by atoms with Gasteiger partial charge in [-0.25, -0.2) is 0 Å². The Morgan fingerprint density at radius 3 is 2.58 bits per heavy atom. The zero-order valence-electron chi connectivity index (χ0n) is 14.3. The number of anilines is 1. The first kappa shape index (κ1) is 14.9. The molecule has 0 fully saturated rings. The molecule has 0 bridgehead atoms. The van der Waals surface area contributed by atoms with Gasteiger partial charge in [-0.15, -0.1) is 0 Å². The van der Waals surface area contributed by atoms with Gasteiger partial charge >= 0.3 is 0 Å². The van der Waals surface area contributed by atoms with Crippen LogP contribution in [0.15, 0.2) is 72.9 Å². The highest BCUT2D eigenvalue weighted by Gasteiger charge is 2.26. The molecule has 1 aliphatic rings. The van der Waals surface area contributed by atoms with E-state index in [0.29, 0.717) is 0 Å². The lowest BCUT2D eigenvalue weighted by molar-refractivity contribution is 0.415. The van der Waals surface area contributed by atoms with Crippen LogP contribution in [0.1, 0.15) is 17.2 Å². The van der Waals surface area contributed by atoms with Crippen LogP contribution in [0.4, 0.5) is 5.69 Å². The van der Waals surface area contributed by atoms with Crippen LogP contribution in [0.5, 0.6) is 17.2 Å². The van der Waals surface area contributed by atoms with Gasteiger partial charge in [-0.3, -0.25) is 0 Å². The number of para-hydroxylation sites is 3. The van der Waals surface area contributed by atoms with Crippen LogP contribution in [-0.2, 0) is 0 Å². The van der Waals surface area contributed by atoms with E-state index in [9.17, 15) is 0 Å². The number of aromatic amines is 1. The third-order valence-electron chi connectivity index (χ3n) is 4.87. The third kappa shape index (κ3) is 2.30. The fourth-order valence-corrected chi connectivity index (χ4v) is 3.57. The first-order valence-electron chi connectivity index (χ1n) is 8.61. The van der Waals surface area contributed by atoms with Crippen molar-refractivity contribution in [3.05, 3.63) is 84.1 Å². The number of nitrogens with one attached hydrogen (secondary N) is 2. The van der Waals surface area contributed by atoms with Gasteiger partial charge in [-0.1, -0.05) is 30.3 Å². The minimum absolute atomic E-state index is 0.0318. The number of rotatable bonds is 2. The summed E-state index contributed by atoms with van der Waals surface area (Å²) < 4.78 is 11.6. The molecule has 2 heterocycles. The van der Waals surface area contributed by atoms with E-state index in [1.807, 2.05) is 54.6 Å². The summed E-state index contributed by atoms with van der Waals surface area (Å²) in [7, 11) is 1.69. The molecule has 4 nitrogen and oxygen atoms in total. The summed E-state index contributed by atoms with van der Waals surface area (Å²) in [6.07, 6.45) is 2.06. The molecule has 0 amide bonds. The van der Waals surface area contributed by atoms with Crippen LogP contribution in [0.2, 0.25) is 0 Å². The van der Waals surface area contributed by atoms with Gasteiger partial charge in [0.2, 0.25) is 0 Å². The molecule has 1 aromatic heterocycles. The Hall–Kier alpha value is -3.40. The number of H-pyrrole nitrogens is 1. The normalized spacial score (nSPS) is 15.3. The Labute approximate surface area is 151 Å². The van der Waals surface area contributed by atoms with E-state index in [-0.39, 0.29) is 6.04 Å². The largest absolute Gasteiger partial charge is 0.497 e. The van der Waals surface area contributed by atoms with Crippen molar-refractivity contribution in [2.45, 2.75) is 6.04 Å². The summed E-state index contributed by atoms with van der Waals surface area (Å²) in [5, 5.41) is 4.80. The standard InChI is InChI=1S/C22H18N2O2/c1-25-14-10-11-18-16(12-14)17(13-23-18)22-15-6-2-4-8-20(15)26-21-9-5-3-7-19(21)24-22/h2-13,22-24H,1H3. The minimum Gasteiger partial charge on any atom is -0.497 e. The molecule has 128 valence electrons. The molecule has 0 aliphatic carbocycles. The molecule has 0 spiro atoms. The quantitative estimate of drug-likeness (QED) is 0.507. The van der Waals surface area contributed by atoms with Crippen LogP contribution in [0.3, 0.4) is 0 Å². The maximum absolute atomic E-state index is 6.19. The van der Waals surface area contributed by atoms with Gasteiger partial charge in [0.15, 0.2) is 5.75 Å². The highest BCUT2D eigenvalue weighted by Crippen LogP contribution is 2.43. The molecule has 0 saturated heterocycles. The second kappa shape index (κ2) is 5.85. The lowest BCUT2D eigenvalue weighted by Crippen LogP contribution is -2.10. The Morgan fingerprint density at radius 1 is 0.885 bits per heavy atom. The fourth-order valence-electron chi connectivity index (χ4n) is 3.57. The van der Waals surface area contributed by atoms with Crippen LogP contribution < -0.4 is 14.8 Å². The summed E-state index contributed by atoms with van der Waals surface area (Å²) in [5.41, 5.74) is 4.32. The van der Waals surface area contributed by atoms with Gasteiger partial charge in [-0.05, 0) is 36.4 Å². The summed E-state index contributed by atoms with van der Waals surface area (Å²) >= 11 is 0. The molecule has 2 N–H and O–H groups in total. The molecular weight excluding hydrogens is 324 g/mol. The van der Waals surface area contributed by atoms with Gasteiger partial charge in [0, 0.05) is 28.2 Å². The summed E-state index contributed by atoms with van der Waals surface area (Å²) in [6.45, 7) is 0. The maximum Gasteiger partial charge on any atom is 0.150 e. The lowest BCUT2D eigenvalue weighted by atomic mass is 9.97. The van der Waals surface area contributed by atoms with Crippen LogP contribution in [0, 0.1) is 0 Å². The van der Waals surface area contributed by atoms with Gasteiger partial charge in [0.1, 0.15) is 11.5 Å². The predicted octanol–water partition coefficient (Wildman–Crippen LogP) is 5.48. The monoisotopic (exact) mass is 342 g/mol. The van der Waals surface area contributed by atoms with E-state index in [1.54, 1.807) is 7.11 Å². The average molecular weight is 342 g/mol. The number of benzene rings is 3. The van der Waals surface area contributed by atoms with Crippen molar-refractivity contribution in [2.24, 2.45) is 0 Å². The first-order valence-corrected chi connectivity index (χ1v) is 8.61. The number of methoxy groups -OCH3 is 1. The third-order valence-corrected chi connectivity index (χ3v) is 4.87. The van der Waals surface area contributed by atoms with Crippen molar-refractivity contribution in [3.63, 3.8) is 0 Å². The highest BCUT2D eigenvalue weighted by atomic mass is 16.5. The van der Waals surface area contributed by atoms with Crippen molar-refractivity contribution in [1.29, 1.82) is 0 Å². The van der Waals surface area contributed by atoms with Crippen molar-refractivity contribution in [1.82, 2.24) is 4.98 Å². The van der Waals surface area contributed by atoms with Crippen molar-refractivity contribution >= 4 is 16.6 Å². The van der Waals surface area contributed by atoms with E-state index < -0.39 is 0 Å². The Bertz CT molecular complexity index is 1100. The molecule has 0 saturated carbocycles. The van der Waals surface area contributed by atoms with Crippen molar-refractivity contribution in [3.8, 4) is 17.2 Å². The van der Waals surface area contributed by atoms with Crippen LogP contribution in [-0.4, -0.2) is 12.1 Å². The van der Waals surface area contributed by atoms with E-state index in [0.717, 1.165) is 45.0 Å². The molecule has 5 rings (SSSR count). The second-order valence-corrected chi connectivity index (χ2v) is 6.37. The molecule has 1 aliphatic heterocycles. The number of aromatic nitrogens is 1. The van der Waals surface area contributed by atoms with Crippen molar-refractivity contribution < 1.29 is 9.47 Å². The molecule has 3 aromatic carbocycles. The predicted molar refractivity (Wildman–Crippen MR) is 103 cm³/mol. The second-order valence-electron chi connectivity index (χ2n) is 6.37. The number of fused-ring (bicyclic) bond motifs is 3. The molecule has 4 aromatic rings. The molecular formula is C22H18N2O2.